The zero-order chi connectivity index (χ0) is 24.3. The minimum absolute atomic E-state index is 0.0158. The van der Waals surface area contributed by atoms with Gasteiger partial charge in [0.1, 0.15) is 11.8 Å². The quantitative estimate of drug-likeness (QED) is 0.558. The molecule has 1 aromatic heterocycles. The number of hydrogen-bond donors (Lipinski definition) is 2. The molecule has 2 aromatic rings. The zero-order valence-electron chi connectivity index (χ0n) is 19.4. The van der Waals surface area contributed by atoms with E-state index in [1.54, 1.807) is 18.2 Å². The monoisotopic (exact) mass is 481 g/mol. The summed E-state index contributed by atoms with van der Waals surface area (Å²) < 4.78 is 36.9. The molecule has 0 atom stereocenters. The van der Waals surface area contributed by atoms with Gasteiger partial charge in [0.05, 0.1) is 17.4 Å². The molecule has 9 nitrogen and oxygen atoms in total. The van der Waals surface area contributed by atoms with Crippen LogP contribution >= 0.6 is 0 Å². The van der Waals surface area contributed by atoms with Crippen LogP contribution in [0.4, 0.5) is 0 Å². The van der Waals surface area contributed by atoms with E-state index in [9.17, 15) is 13.7 Å². The molecule has 0 amide bonds. The van der Waals surface area contributed by atoms with Gasteiger partial charge >= 0.3 is 0 Å². The third-order valence-electron chi connectivity index (χ3n) is 5.68. The molecule has 0 bridgehead atoms. The first-order chi connectivity index (χ1) is 16.3. The van der Waals surface area contributed by atoms with Gasteiger partial charge in [0, 0.05) is 23.4 Å². The van der Waals surface area contributed by atoms with Crippen molar-refractivity contribution in [1.82, 2.24) is 20.2 Å². The Hall–Kier alpha value is -3.42. The summed E-state index contributed by atoms with van der Waals surface area (Å²) in [5, 5.41) is 17.0. The summed E-state index contributed by atoms with van der Waals surface area (Å²) in [5.41, 5.74) is 5.32. The number of nitriles is 1. The number of nitrogens with zero attached hydrogens (tertiary/aromatic N) is 3. The zero-order valence-corrected chi connectivity index (χ0v) is 20.2. The molecule has 0 aliphatic heterocycles. The summed E-state index contributed by atoms with van der Waals surface area (Å²) in [6.45, 7) is 4.16. The lowest BCUT2D eigenvalue weighted by Crippen LogP contribution is -2.29. The van der Waals surface area contributed by atoms with E-state index in [1.165, 1.54) is 7.05 Å². The Morgan fingerprint density at radius 1 is 1.26 bits per heavy atom. The first kappa shape index (κ1) is 23.7. The van der Waals surface area contributed by atoms with Crippen LogP contribution in [-0.2, 0) is 10.0 Å². The molecule has 1 heterocycles. The summed E-state index contributed by atoms with van der Waals surface area (Å²) in [6, 6.07) is 7.38. The van der Waals surface area contributed by atoms with Gasteiger partial charge in [-0.05, 0) is 69.5 Å². The van der Waals surface area contributed by atoms with E-state index in [2.05, 4.69) is 26.2 Å². The average Bonchev–Trinajstić information content (AvgIpc) is 3.47. The number of fused-ring (bicyclic) bond motifs is 1. The van der Waals surface area contributed by atoms with Crippen molar-refractivity contribution in [3.63, 3.8) is 0 Å². The van der Waals surface area contributed by atoms with Gasteiger partial charge < -0.3 is 14.6 Å². The van der Waals surface area contributed by atoms with Crippen molar-refractivity contribution in [2.24, 2.45) is 0 Å². The molecule has 2 N–H and O–H groups in total. The minimum atomic E-state index is -3.25. The molecule has 0 spiro atoms. The third-order valence-corrected chi connectivity index (χ3v) is 7.05. The van der Waals surface area contributed by atoms with E-state index < -0.39 is 10.0 Å². The molecule has 1 aromatic carbocycles. The van der Waals surface area contributed by atoms with E-state index in [4.69, 9.17) is 9.26 Å². The highest BCUT2D eigenvalue weighted by Crippen LogP contribution is 2.40. The molecule has 178 valence electrons. The van der Waals surface area contributed by atoms with Crippen LogP contribution in [0.25, 0.3) is 17.0 Å². The highest BCUT2D eigenvalue weighted by atomic mass is 32.2. The van der Waals surface area contributed by atoms with Crippen LogP contribution in [0.2, 0.25) is 0 Å². The van der Waals surface area contributed by atoms with Crippen molar-refractivity contribution in [2.45, 2.75) is 39.2 Å². The predicted molar refractivity (Wildman–Crippen MR) is 128 cm³/mol. The van der Waals surface area contributed by atoms with Crippen LogP contribution < -0.4 is 14.8 Å². The van der Waals surface area contributed by atoms with E-state index in [-0.39, 0.29) is 11.9 Å². The fourth-order valence-electron chi connectivity index (χ4n) is 4.07. The van der Waals surface area contributed by atoms with Crippen LogP contribution in [0.15, 0.2) is 51.7 Å². The highest BCUT2D eigenvalue weighted by molar-refractivity contribution is 7.89. The normalized spacial score (nSPS) is 15.6. The van der Waals surface area contributed by atoms with E-state index >= 15 is 0 Å². The van der Waals surface area contributed by atoms with Gasteiger partial charge in [-0.2, -0.15) is 10.2 Å². The molecule has 2 aliphatic rings. The van der Waals surface area contributed by atoms with Crippen LogP contribution in [0.1, 0.15) is 44.5 Å². The number of rotatable bonds is 9. The van der Waals surface area contributed by atoms with Crippen molar-refractivity contribution in [1.29, 1.82) is 5.26 Å². The van der Waals surface area contributed by atoms with Crippen molar-refractivity contribution in [3.8, 4) is 23.3 Å². The first-order valence-corrected chi connectivity index (χ1v) is 12.8. The van der Waals surface area contributed by atoms with Gasteiger partial charge in [-0.15, -0.1) is 0 Å². The Morgan fingerprint density at radius 3 is 2.82 bits per heavy atom. The Bertz CT molecular complexity index is 1330. The van der Waals surface area contributed by atoms with Gasteiger partial charge in [-0.3, -0.25) is 0 Å². The Kier molecular flexibility index (Phi) is 6.86. The third kappa shape index (κ3) is 5.05. The number of allylic oxidation sites excluding steroid dienone is 6. The van der Waals surface area contributed by atoms with Crippen molar-refractivity contribution in [3.05, 3.63) is 58.6 Å². The minimum Gasteiger partial charge on any atom is -0.490 e. The lowest BCUT2D eigenvalue weighted by atomic mass is 9.93. The lowest BCUT2D eigenvalue weighted by molar-refractivity contribution is 0.241. The maximum absolute atomic E-state index is 11.7. The predicted octanol–water partition coefficient (Wildman–Crippen LogP) is 3.30. The largest absolute Gasteiger partial charge is 0.490 e. The molecular formula is C24H27N5O4S. The number of aromatic nitrogens is 2. The number of hydrogen-bond acceptors (Lipinski definition) is 8. The summed E-state index contributed by atoms with van der Waals surface area (Å²) in [4.78, 5) is 4.59. The molecule has 0 unspecified atom stereocenters. The van der Waals surface area contributed by atoms with Crippen LogP contribution in [0, 0.1) is 11.3 Å². The Labute approximate surface area is 199 Å². The van der Waals surface area contributed by atoms with Crippen molar-refractivity contribution in [2.75, 3.05) is 19.3 Å². The molecule has 0 fully saturated rings. The van der Waals surface area contributed by atoms with E-state index in [0.29, 0.717) is 35.1 Å². The van der Waals surface area contributed by atoms with E-state index in [1.807, 2.05) is 26.0 Å². The molecule has 10 heteroatoms. The van der Waals surface area contributed by atoms with Gasteiger partial charge in [0.25, 0.3) is 5.89 Å². The van der Waals surface area contributed by atoms with Gasteiger partial charge in [-0.25, -0.2) is 13.1 Å². The smallest absolute Gasteiger partial charge is 0.258 e. The van der Waals surface area contributed by atoms with Crippen LogP contribution in [0.5, 0.6) is 5.75 Å². The second-order valence-corrected chi connectivity index (χ2v) is 10.4. The molecule has 4 rings (SSSR count). The SMILES string of the molecule is CNS(=O)(=O)CCNC1=C2CC=CC(c3noc(-c4ccc(OC(C)C)c(C#N)c4)n3)=C2CC1. The topological polar surface area (TPSA) is 130 Å². The van der Waals surface area contributed by atoms with Crippen LogP contribution in [-0.4, -0.2) is 44.0 Å². The maximum Gasteiger partial charge on any atom is 0.258 e. The highest BCUT2D eigenvalue weighted by Gasteiger charge is 2.26. The molecule has 2 aliphatic carbocycles. The van der Waals surface area contributed by atoms with Gasteiger partial charge in [-0.1, -0.05) is 17.3 Å². The maximum atomic E-state index is 11.7. The van der Waals surface area contributed by atoms with Crippen molar-refractivity contribution >= 4 is 15.6 Å². The molecular weight excluding hydrogens is 454 g/mol. The Balaban J connectivity index is 1.57. The second-order valence-electron chi connectivity index (χ2n) is 8.32. The lowest BCUT2D eigenvalue weighted by Gasteiger charge is -2.14. The molecule has 0 saturated carbocycles. The van der Waals surface area contributed by atoms with Crippen LogP contribution in [0.3, 0.4) is 0 Å². The van der Waals surface area contributed by atoms with Gasteiger partial charge in [0.15, 0.2) is 0 Å². The number of nitrogens with one attached hydrogen (secondary N) is 2. The second kappa shape index (κ2) is 9.83. The number of benzene rings is 1. The van der Waals surface area contributed by atoms with Crippen molar-refractivity contribution < 1.29 is 17.7 Å². The standard InChI is InChI=1S/C24H27N5O4S/c1-15(2)32-22-10-7-16(13-17(22)14-25)24-28-23(29-33-24)20-6-4-5-19-18(20)8-9-21(19)27-11-12-34(30,31)26-3/h4,6-7,10,13,15,26-27H,5,8-9,11-12H2,1-3H3. The molecule has 0 radical (unpaired) electrons. The molecule has 34 heavy (non-hydrogen) atoms. The fourth-order valence-corrected chi connectivity index (χ4v) is 4.65. The fraction of sp³-hybridized carbons (Fsp3) is 0.375. The summed E-state index contributed by atoms with van der Waals surface area (Å²) >= 11 is 0. The molecule has 0 saturated heterocycles. The summed E-state index contributed by atoms with van der Waals surface area (Å²) in [6.07, 6.45) is 6.41. The number of ether oxygens (including phenoxy) is 1. The summed E-state index contributed by atoms with van der Waals surface area (Å²) in [7, 11) is -1.84. The average molecular weight is 482 g/mol. The first-order valence-electron chi connectivity index (χ1n) is 11.1. The summed E-state index contributed by atoms with van der Waals surface area (Å²) in [5.74, 6) is 1.35. The Morgan fingerprint density at radius 2 is 2.09 bits per heavy atom. The van der Waals surface area contributed by atoms with Gasteiger partial charge in [0.2, 0.25) is 15.8 Å². The van der Waals surface area contributed by atoms with E-state index in [0.717, 1.165) is 41.7 Å². The number of sulfonamides is 1.